The quantitative estimate of drug-likeness (QED) is 0.313. The smallest absolute Gasteiger partial charge is 0.343 e. The van der Waals surface area contributed by atoms with Crippen LogP contribution in [0.15, 0.2) is 0 Å². The molecule has 30 heavy (non-hydrogen) atoms. The van der Waals surface area contributed by atoms with Crippen LogP contribution in [0.4, 0.5) is 0 Å². The number of esters is 3. The largest absolute Gasteiger partial charge is 0.459 e. The molecule has 4 aliphatic heterocycles. The fourth-order valence-electron chi connectivity index (χ4n) is 7.77. The second-order valence-corrected chi connectivity index (χ2v) is 10.5. The normalized spacial score (nSPS) is 63.0. The first-order chi connectivity index (χ1) is 14.3. The highest BCUT2D eigenvalue weighted by Gasteiger charge is 3.03. The Morgan fingerprint density at radius 1 is 1.10 bits per heavy atom. The molecule has 12 atom stereocenters. The Labute approximate surface area is 172 Å². The van der Waals surface area contributed by atoms with Gasteiger partial charge in [0.1, 0.15) is 12.2 Å². The van der Waals surface area contributed by atoms with Crippen molar-refractivity contribution in [3.05, 3.63) is 0 Å². The van der Waals surface area contributed by atoms with E-state index in [-0.39, 0.29) is 0 Å². The fraction of sp³-hybridized carbons (Fsp3) is 0.850. The van der Waals surface area contributed by atoms with Crippen molar-refractivity contribution in [3.8, 4) is 0 Å². The van der Waals surface area contributed by atoms with Gasteiger partial charge in [-0.2, -0.15) is 0 Å². The summed E-state index contributed by atoms with van der Waals surface area (Å²) < 4.78 is 31.3. The molecule has 3 N–H and O–H groups in total. The van der Waals surface area contributed by atoms with Gasteiger partial charge < -0.3 is 34.3 Å². The van der Waals surface area contributed by atoms with Crippen LogP contribution in [0.5, 0.6) is 0 Å². The predicted octanol–water partition coefficient (Wildman–Crippen LogP) is -1.37. The van der Waals surface area contributed by atoms with Gasteiger partial charge in [0.15, 0.2) is 17.8 Å². The van der Waals surface area contributed by atoms with Crippen molar-refractivity contribution in [1.29, 1.82) is 0 Å². The maximum Gasteiger partial charge on any atom is 0.343 e. The number of fused-ring (bicyclic) bond motifs is 1. The molecular formula is C20H24O10. The van der Waals surface area contributed by atoms with Crippen LogP contribution in [-0.2, 0) is 33.3 Å². The molecule has 2 saturated carbocycles. The van der Waals surface area contributed by atoms with E-state index in [0.717, 1.165) is 0 Å². The SMILES string of the molecule is [3H]C1C2OC(=O)[C@]34OC5OC(=O)[C@H](O)C5([C@@H]1C(C)(C)C)C23[C@@H](O)[C@@H]1OC(=O)[C@@H](C)[C@@]14O. The van der Waals surface area contributed by atoms with E-state index >= 15 is 0 Å². The van der Waals surface area contributed by atoms with Crippen LogP contribution in [-0.4, -0.2) is 75.1 Å². The Bertz CT molecular complexity index is 962. The van der Waals surface area contributed by atoms with Gasteiger partial charge in [-0.1, -0.05) is 20.8 Å². The zero-order valence-electron chi connectivity index (χ0n) is 17.8. The molecule has 164 valence electrons. The van der Waals surface area contributed by atoms with Crippen molar-refractivity contribution in [1.82, 2.24) is 0 Å². The van der Waals surface area contributed by atoms with Crippen molar-refractivity contribution < 1.29 is 50.0 Å². The number of carbonyl (C=O) groups is 3. The second kappa shape index (κ2) is 4.69. The summed E-state index contributed by atoms with van der Waals surface area (Å²) in [6.07, 6.45) is -9.18. The fourth-order valence-corrected chi connectivity index (χ4v) is 7.77. The number of hydrogen-bond donors (Lipinski definition) is 3. The monoisotopic (exact) mass is 426 g/mol. The second-order valence-electron chi connectivity index (χ2n) is 10.5. The van der Waals surface area contributed by atoms with Crippen molar-refractivity contribution in [2.75, 3.05) is 0 Å². The molecule has 2 spiro atoms. The molecule has 0 bridgehead atoms. The molecule has 0 aromatic heterocycles. The van der Waals surface area contributed by atoms with Crippen LogP contribution in [0.2, 0.25) is 0 Å². The lowest BCUT2D eigenvalue weighted by molar-refractivity contribution is -0.239. The standard InChI is InChI=1S/C20H24O10/c1-6-12(23)28-11-9(21)18-8-5-7(16(2,3)4)17(18)10(22)13(24)29-15(17)30-20(18,14(25)27-8)19(6,11)26/h6-11,15,21-22,26H,5H2,1-4H3/t6-,7+,8?,9+,10+,11+,15?,17?,18?,19-,20+/m1/s1/i5T/t5?,6-,7+,8?,9+,10+,11+,15?,17?,18?,19-,20+. The molecule has 2 aliphatic carbocycles. The first kappa shape index (κ1) is 17.9. The highest BCUT2D eigenvalue weighted by atomic mass is 16.8. The Hall–Kier alpha value is -1.75. The van der Waals surface area contributed by atoms with Crippen molar-refractivity contribution in [2.24, 2.45) is 28.1 Å². The summed E-state index contributed by atoms with van der Waals surface area (Å²) in [5, 5.41) is 34.8. The Kier molecular flexibility index (Phi) is 2.80. The van der Waals surface area contributed by atoms with Crippen LogP contribution < -0.4 is 0 Å². The van der Waals surface area contributed by atoms with Gasteiger partial charge in [-0.15, -0.1) is 0 Å². The molecule has 6 fully saturated rings. The van der Waals surface area contributed by atoms with Gasteiger partial charge in [-0.25, -0.2) is 9.59 Å². The number of rotatable bonds is 0. The number of aliphatic hydroxyl groups is 3. The summed E-state index contributed by atoms with van der Waals surface area (Å²) in [5.74, 6) is -5.01. The Morgan fingerprint density at radius 3 is 2.40 bits per heavy atom. The molecular weight excluding hydrogens is 400 g/mol. The van der Waals surface area contributed by atoms with Gasteiger partial charge in [-0.3, -0.25) is 4.79 Å². The minimum atomic E-state index is -2.36. The predicted molar refractivity (Wildman–Crippen MR) is 92.0 cm³/mol. The van der Waals surface area contributed by atoms with Crippen molar-refractivity contribution in [2.45, 2.75) is 76.0 Å². The first-order valence-electron chi connectivity index (χ1n) is 10.7. The molecule has 6 aliphatic rings. The maximum atomic E-state index is 13.4. The molecule has 4 saturated heterocycles. The number of carbonyl (C=O) groups excluding carboxylic acids is 3. The molecule has 0 aromatic carbocycles. The third kappa shape index (κ3) is 1.33. The third-order valence-corrected chi connectivity index (χ3v) is 8.66. The Morgan fingerprint density at radius 2 is 1.77 bits per heavy atom. The number of aliphatic hydroxyl groups excluding tert-OH is 2. The summed E-state index contributed by atoms with van der Waals surface area (Å²) in [7, 11) is 0. The van der Waals surface area contributed by atoms with E-state index in [1.807, 2.05) is 0 Å². The number of ether oxygens (including phenoxy) is 4. The lowest BCUT2D eigenvalue weighted by Crippen LogP contribution is -2.67. The van der Waals surface area contributed by atoms with Crippen LogP contribution >= 0.6 is 0 Å². The minimum absolute atomic E-state index is 0.729. The lowest BCUT2D eigenvalue weighted by Gasteiger charge is -2.47. The van der Waals surface area contributed by atoms with Gasteiger partial charge in [0.05, 0.1) is 16.7 Å². The van der Waals surface area contributed by atoms with E-state index in [4.69, 9.17) is 20.3 Å². The van der Waals surface area contributed by atoms with E-state index < -0.39 is 94.3 Å². The maximum absolute atomic E-state index is 13.4. The summed E-state index contributed by atoms with van der Waals surface area (Å²) >= 11 is 0. The van der Waals surface area contributed by atoms with Crippen LogP contribution in [0, 0.1) is 28.1 Å². The molecule has 10 nitrogen and oxygen atoms in total. The third-order valence-electron chi connectivity index (χ3n) is 8.66. The first-order valence-corrected chi connectivity index (χ1v) is 10.1. The van der Waals surface area contributed by atoms with E-state index in [1.54, 1.807) is 20.8 Å². The zero-order valence-corrected chi connectivity index (χ0v) is 16.8. The molecule has 6 rings (SSSR count). The summed E-state index contributed by atoms with van der Waals surface area (Å²) in [6.45, 7) is 6.77. The zero-order chi connectivity index (χ0) is 22.7. The summed E-state index contributed by atoms with van der Waals surface area (Å²) in [6, 6.07) is 0. The molecule has 5 unspecified atom stereocenters. The average molecular weight is 426 g/mol. The van der Waals surface area contributed by atoms with Gasteiger partial charge >= 0.3 is 17.9 Å². The van der Waals surface area contributed by atoms with Gasteiger partial charge in [-0.05, 0) is 24.7 Å². The molecule has 10 heteroatoms. The van der Waals surface area contributed by atoms with E-state index in [1.165, 1.54) is 6.92 Å². The number of hydrogen-bond acceptors (Lipinski definition) is 10. The topological polar surface area (TPSA) is 149 Å². The molecule has 0 aromatic rings. The molecule has 0 amide bonds. The Balaban J connectivity index is 1.75. The summed E-state index contributed by atoms with van der Waals surface area (Å²) in [5.41, 5.74) is -9.15. The molecule has 4 heterocycles. The van der Waals surface area contributed by atoms with Crippen LogP contribution in [0.1, 0.15) is 35.5 Å². The minimum Gasteiger partial charge on any atom is -0.459 e. The van der Waals surface area contributed by atoms with Gasteiger partial charge in [0.25, 0.3) is 0 Å². The van der Waals surface area contributed by atoms with E-state index in [0.29, 0.717) is 0 Å². The lowest BCUT2D eigenvalue weighted by atomic mass is 9.51. The summed E-state index contributed by atoms with van der Waals surface area (Å²) in [4.78, 5) is 38.4. The van der Waals surface area contributed by atoms with Crippen molar-refractivity contribution >= 4 is 17.9 Å². The molecule has 0 radical (unpaired) electrons. The van der Waals surface area contributed by atoms with E-state index in [2.05, 4.69) is 0 Å². The van der Waals surface area contributed by atoms with Crippen LogP contribution in [0.3, 0.4) is 0 Å². The van der Waals surface area contributed by atoms with Gasteiger partial charge in [0.2, 0.25) is 11.9 Å². The highest BCUT2D eigenvalue weighted by molar-refractivity contribution is 5.94. The van der Waals surface area contributed by atoms with Crippen molar-refractivity contribution in [3.63, 3.8) is 0 Å². The van der Waals surface area contributed by atoms with Crippen LogP contribution in [0.25, 0.3) is 0 Å². The van der Waals surface area contributed by atoms with Gasteiger partial charge in [0, 0.05) is 1.37 Å². The average Bonchev–Trinajstić information content (AvgIpc) is 3.35. The van der Waals surface area contributed by atoms with E-state index in [9.17, 15) is 29.7 Å². The highest BCUT2D eigenvalue weighted by Crippen LogP contribution is 2.84.